The summed E-state index contributed by atoms with van der Waals surface area (Å²) >= 11 is 19.3. The summed E-state index contributed by atoms with van der Waals surface area (Å²) in [5, 5.41) is 10.4. The Labute approximate surface area is 131 Å². The number of nitrogens with zero attached hydrogens (tertiary/aromatic N) is 3. The monoisotopic (exact) mass is 335 g/mol. The van der Waals surface area contributed by atoms with E-state index in [0.717, 1.165) is 28.7 Å². The van der Waals surface area contributed by atoms with Gasteiger partial charge in [-0.3, -0.25) is 0 Å². The van der Waals surface area contributed by atoms with Gasteiger partial charge in [0.25, 0.3) is 0 Å². The van der Waals surface area contributed by atoms with E-state index in [4.69, 9.17) is 34.8 Å². The molecule has 2 aromatic rings. The smallest absolute Gasteiger partial charge is 0.191 e. The number of alkyl halides is 1. The molecular formula is C12H12Cl3N3S. The predicted octanol–water partition coefficient (Wildman–Crippen LogP) is 4.51. The third kappa shape index (κ3) is 3.78. The van der Waals surface area contributed by atoms with E-state index in [0.29, 0.717) is 15.9 Å². The fourth-order valence-corrected chi connectivity index (χ4v) is 3.26. The molecule has 0 bridgehead atoms. The second-order valence-electron chi connectivity index (χ2n) is 3.91. The molecule has 19 heavy (non-hydrogen) atoms. The molecule has 102 valence electrons. The van der Waals surface area contributed by atoms with Crippen molar-refractivity contribution >= 4 is 46.6 Å². The normalized spacial score (nSPS) is 10.9. The van der Waals surface area contributed by atoms with E-state index in [2.05, 4.69) is 10.2 Å². The molecule has 1 aromatic heterocycles. The van der Waals surface area contributed by atoms with Crippen LogP contribution >= 0.6 is 46.6 Å². The molecule has 0 aliphatic heterocycles. The van der Waals surface area contributed by atoms with Gasteiger partial charge in [-0.1, -0.05) is 35.0 Å². The summed E-state index contributed by atoms with van der Waals surface area (Å²) < 4.78 is 1.93. The zero-order chi connectivity index (χ0) is 13.8. The summed E-state index contributed by atoms with van der Waals surface area (Å²) in [7, 11) is 1.92. The van der Waals surface area contributed by atoms with Crippen molar-refractivity contribution in [2.75, 3.05) is 11.6 Å². The second-order valence-corrected chi connectivity index (χ2v) is 6.23. The van der Waals surface area contributed by atoms with Gasteiger partial charge < -0.3 is 4.57 Å². The van der Waals surface area contributed by atoms with Crippen molar-refractivity contribution in [1.82, 2.24) is 14.8 Å². The van der Waals surface area contributed by atoms with Crippen LogP contribution in [0.5, 0.6) is 0 Å². The lowest BCUT2D eigenvalue weighted by Crippen LogP contribution is -1.95. The minimum atomic E-state index is 0.585. The Bertz CT molecular complexity index is 551. The van der Waals surface area contributed by atoms with Crippen molar-refractivity contribution in [3.63, 3.8) is 0 Å². The predicted molar refractivity (Wildman–Crippen MR) is 82.5 cm³/mol. The number of halogens is 3. The lowest BCUT2D eigenvalue weighted by molar-refractivity contribution is 0.793. The van der Waals surface area contributed by atoms with Crippen LogP contribution in [0.3, 0.4) is 0 Å². The Balaban J connectivity index is 2.25. The molecule has 7 heteroatoms. The van der Waals surface area contributed by atoms with Gasteiger partial charge in [-0.15, -0.1) is 21.8 Å². The maximum atomic E-state index is 6.00. The van der Waals surface area contributed by atoms with Crippen molar-refractivity contribution in [2.45, 2.75) is 11.6 Å². The number of thioether (sulfide) groups is 1. The largest absolute Gasteiger partial charge is 0.305 e. The average molecular weight is 337 g/mol. The second kappa shape index (κ2) is 6.84. The van der Waals surface area contributed by atoms with E-state index < -0.39 is 0 Å². The molecule has 0 spiro atoms. The molecule has 0 aliphatic rings. The van der Waals surface area contributed by atoms with Crippen molar-refractivity contribution in [3.05, 3.63) is 28.2 Å². The molecule has 0 unspecified atom stereocenters. The highest BCUT2D eigenvalue weighted by Crippen LogP contribution is 2.28. The number of aromatic nitrogens is 3. The Morgan fingerprint density at radius 1 is 1.16 bits per heavy atom. The zero-order valence-corrected chi connectivity index (χ0v) is 13.3. The Hall–Kier alpha value is -0.420. The highest BCUT2D eigenvalue weighted by molar-refractivity contribution is 7.99. The summed E-state index contributed by atoms with van der Waals surface area (Å²) in [6.45, 7) is 0. The maximum Gasteiger partial charge on any atom is 0.191 e. The third-order valence-corrected chi connectivity index (χ3v) is 4.27. The van der Waals surface area contributed by atoms with Gasteiger partial charge in [0.15, 0.2) is 11.0 Å². The van der Waals surface area contributed by atoms with Gasteiger partial charge in [-0.05, 0) is 24.6 Å². The lowest BCUT2D eigenvalue weighted by Gasteiger charge is -2.04. The molecule has 0 saturated heterocycles. The molecule has 0 radical (unpaired) electrons. The summed E-state index contributed by atoms with van der Waals surface area (Å²) in [6.07, 6.45) is 0.942. The SMILES string of the molecule is Cn1c(SCCCCl)nnc1-c1cc(Cl)cc(Cl)c1. The van der Waals surface area contributed by atoms with Crippen LogP contribution in [0.15, 0.2) is 23.4 Å². The van der Waals surface area contributed by atoms with E-state index in [1.165, 1.54) is 0 Å². The summed E-state index contributed by atoms with van der Waals surface area (Å²) in [5.74, 6) is 2.32. The standard InChI is InChI=1S/C12H12Cl3N3S/c1-18-11(8-5-9(14)7-10(15)6-8)16-17-12(18)19-4-2-3-13/h5-7H,2-4H2,1H3. The molecule has 2 rings (SSSR count). The first kappa shape index (κ1) is 15.0. The molecule has 0 amide bonds. The molecule has 1 heterocycles. The van der Waals surface area contributed by atoms with Crippen LogP contribution in [0.2, 0.25) is 10.0 Å². The van der Waals surface area contributed by atoms with Gasteiger partial charge in [-0.2, -0.15) is 0 Å². The summed E-state index contributed by atoms with van der Waals surface area (Å²) in [4.78, 5) is 0. The van der Waals surface area contributed by atoms with Crippen LogP contribution in [-0.2, 0) is 7.05 Å². The zero-order valence-electron chi connectivity index (χ0n) is 10.2. The molecular weight excluding hydrogens is 325 g/mol. The molecule has 0 atom stereocenters. The highest BCUT2D eigenvalue weighted by atomic mass is 35.5. The van der Waals surface area contributed by atoms with Crippen molar-refractivity contribution in [3.8, 4) is 11.4 Å². The third-order valence-electron chi connectivity index (χ3n) is 2.46. The van der Waals surface area contributed by atoms with Crippen molar-refractivity contribution in [1.29, 1.82) is 0 Å². The van der Waals surface area contributed by atoms with Gasteiger partial charge in [0, 0.05) is 34.3 Å². The Morgan fingerprint density at radius 3 is 2.47 bits per heavy atom. The van der Waals surface area contributed by atoms with Crippen molar-refractivity contribution < 1.29 is 0 Å². The average Bonchev–Trinajstić information content (AvgIpc) is 2.70. The fourth-order valence-electron chi connectivity index (χ4n) is 1.59. The first-order valence-corrected chi connectivity index (χ1v) is 7.94. The Morgan fingerprint density at radius 2 is 1.84 bits per heavy atom. The molecule has 1 aromatic carbocycles. The number of rotatable bonds is 5. The fraction of sp³-hybridized carbons (Fsp3) is 0.333. The van der Waals surface area contributed by atoms with Crippen LogP contribution < -0.4 is 0 Å². The van der Waals surface area contributed by atoms with Crippen LogP contribution in [0.4, 0.5) is 0 Å². The van der Waals surface area contributed by atoms with Gasteiger partial charge >= 0.3 is 0 Å². The van der Waals surface area contributed by atoms with Crippen LogP contribution in [0, 0.1) is 0 Å². The maximum absolute atomic E-state index is 6.00. The quantitative estimate of drug-likeness (QED) is 0.457. The van der Waals surface area contributed by atoms with E-state index in [9.17, 15) is 0 Å². The van der Waals surface area contributed by atoms with E-state index in [1.54, 1.807) is 17.8 Å². The van der Waals surface area contributed by atoms with Gasteiger partial charge in [-0.25, -0.2) is 0 Å². The van der Waals surface area contributed by atoms with E-state index in [1.807, 2.05) is 23.7 Å². The highest BCUT2D eigenvalue weighted by Gasteiger charge is 2.12. The molecule has 0 fully saturated rings. The molecule has 3 nitrogen and oxygen atoms in total. The Kier molecular flexibility index (Phi) is 5.39. The lowest BCUT2D eigenvalue weighted by atomic mass is 10.2. The van der Waals surface area contributed by atoms with Gasteiger partial charge in [0.1, 0.15) is 0 Å². The summed E-state index contributed by atoms with van der Waals surface area (Å²) in [5.41, 5.74) is 0.858. The number of hydrogen-bond donors (Lipinski definition) is 0. The minimum Gasteiger partial charge on any atom is -0.305 e. The van der Waals surface area contributed by atoms with Crippen molar-refractivity contribution in [2.24, 2.45) is 7.05 Å². The van der Waals surface area contributed by atoms with Crippen LogP contribution in [0.1, 0.15) is 6.42 Å². The van der Waals surface area contributed by atoms with Crippen LogP contribution in [-0.4, -0.2) is 26.4 Å². The number of benzene rings is 1. The van der Waals surface area contributed by atoms with E-state index >= 15 is 0 Å². The van der Waals surface area contributed by atoms with E-state index in [-0.39, 0.29) is 0 Å². The van der Waals surface area contributed by atoms with Gasteiger partial charge in [0.05, 0.1) is 0 Å². The topological polar surface area (TPSA) is 30.7 Å². The molecule has 0 N–H and O–H groups in total. The summed E-state index contributed by atoms with van der Waals surface area (Å²) in [6, 6.07) is 5.34. The first-order chi connectivity index (χ1) is 9.11. The van der Waals surface area contributed by atoms with Crippen LogP contribution in [0.25, 0.3) is 11.4 Å². The van der Waals surface area contributed by atoms with Gasteiger partial charge in [0.2, 0.25) is 0 Å². The first-order valence-electron chi connectivity index (χ1n) is 5.66. The molecule has 0 aliphatic carbocycles. The molecule has 0 saturated carbocycles. The minimum absolute atomic E-state index is 0.585. The number of hydrogen-bond acceptors (Lipinski definition) is 3.